The average Bonchev–Trinajstić information content (AvgIpc) is 2.44. The van der Waals surface area contributed by atoms with Crippen molar-refractivity contribution in [3.05, 3.63) is 35.9 Å². The van der Waals surface area contributed by atoms with Crippen LogP contribution in [0.1, 0.15) is 31.4 Å². The summed E-state index contributed by atoms with van der Waals surface area (Å²) < 4.78 is 0. The second-order valence-electron chi connectivity index (χ2n) is 5.71. The van der Waals surface area contributed by atoms with E-state index < -0.39 is 17.7 Å². The number of likely N-dealkylation sites (tertiary alicyclic amines) is 1. The van der Waals surface area contributed by atoms with Gasteiger partial charge in [-0.15, -0.1) is 0 Å². The van der Waals surface area contributed by atoms with Gasteiger partial charge in [0, 0.05) is 13.1 Å². The van der Waals surface area contributed by atoms with Gasteiger partial charge in [0.05, 0.1) is 5.60 Å². The Kier molecular flexibility index (Phi) is 4.47. The van der Waals surface area contributed by atoms with Gasteiger partial charge >= 0.3 is 6.03 Å². The van der Waals surface area contributed by atoms with E-state index in [1.54, 1.807) is 36.1 Å². The summed E-state index contributed by atoms with van der Waals surface area (Å²) in [6.45, 7) is 2.54. The van der Waals surface area contributed by atoms with Crippen LogP contribution in [-0.4, -0.2) is 40.6 Å². The van der Waals surface area contributed by atoms with Crippen molar-refractivity contribution in [2.75, 3.05) is 13.1 Å². The van der Waals surface area contributed by atoms with Gasteiger partial charge in [0.2, 0.25) is 5.91 Å². The maximum Gasteiger partial charge on any atom is 0.313 e. The number of aliphatic hydroxyl groups is 1. The van der Waals surface area contributed by atoms with Crippen LogP contribution in [0.15, 0.2) is 30.3 Å². The molecule has 0 spiro atoms. The number of primary amides is 1. The second kappa shape index (κ2) is 6.13. The molecule has 114 valence electrons. The fourth-order valence-corrected chi connectivity index (χ4v) is 2.67. The van der Waals surface area contributed by atoms with Gasteiger partial charge in [0.1, 0.15) is 6.04 Å². The van der Waals surface area contributed by atoms with Gasteiger partial charge in [-0.2, -0.15) is 0 Å². The number of benzene rings is 1. The molecule has 1 fully saturated rings. The Labute approximate surface area is 123 Å². The van der Waals surface area contributed by atoms with Crippen molar-refractivity contribution in [3.63, 3.8) is 0 Å². The number of nitrogens with two attached hydrogens (primary N) is 1. The molecule has 1 heterocycles. The molecule has 1 saturated heterocycles. The first-order valence-corrected chi connectivity index (χ1v) is 7.01. The molecule has 21 heavy (non-hydrogen) atoms. The van der Waals surface area contributed by atoms with Crippen molar-refractivity contribution in [1.82, 2.24) is 10.2 Å². The first-order chi connectivity index (χ1) is 9.89. The second-order valence-corrected chi connectivity index (χ2v) is 5.71. The molecule has 6 nitrogen and oxygen atoms in total. The third-order valence-electron chi connectivity index (χ3n) is 3.65. The molecule has 2 atom stereocenters. The van der Waals surface area contributed by atoms with E-state index in [0.29, 0.717) is 18.5 Å². The van der Waals surface area contributed by atoms with Gasteiger partial charge in [-0.3, -0.25) is 4.79 Å². The number of carbonyl (C=O) groups is 2. The van der Waals surface area contributed by atoms with Gasteiger partial charge in [-0.05, 0) is 25.3 Å². The molecule has 2 rings (SSSR count). The van der Waals surface area contributed by atoms with Crippen LogP contribution in [-0.2, 0) is 4.79 Å². The molecule has 1 aromatic rings. The summed E-state index contributed by atoms with van der Waals surface area (Å²) >= 11 is 0. The van der Waals surface area contributed by atoms with Crippen molar-refractivity contribution in [2.24, 2.45) is 5.73 Å². The summed E-state index contributed by atoms with van der Waals surface area (Å²) in [4.78, 5) is 25.4. The third-order valence-corrected chi connectivity index (χ3v) is 3.65. The topological polar surface area (TPSA) is 95.7 Å². The SMILES string of the molecule is CC1(O)CCCN(C(=O)C(NC(N)=O)c2ccccc2)C1. The van der Waals surface area contributed by atoms with Crippen LogP contribution < -0.4 is 11.1 Å². The highest BCUT2D eigenvalue weighted by atomic mass is 16.3. The van der Waals surface area contributed by atoms with Crippen molar-refractivity contribution < 1.29 is 14.7 Å². The van der Waals surface area contributed by atoms with Crippen LogP contribution in [0.5, 0.6) is 0 Å². The average molecular weight is 291 g/mol. The number of nitrogens with zero attached hydrogens (tertiary/aromatic N) is 1. The third kappa shape index (κ3) is 3.95. The Morgan fingerprint density at radius 1 is 1.38 bits per heavy atom. The number of urea groups is 1. The van der Waals surface area contributed by atoms with E-state index in [4.69, 9.17) is 5.73 Å². The standard InChI is InChI=1S/C15H21N3O3/c1-15(21)8-5-9-18(10-15)13(19)12(17-14(16)20)11-6-3-2-4-7-11/h2-4,6-7,12,21H,5,8-10H2,1H3,(H3,16,17,20). The molecule has 1 aromatic carbocycles. The molecule has 4 N–H and O–H groups in total. The van der Waals surface area contributed by atoms with E-state index in [1.807, 2.05) is 6.07 Å². The number of β-amino-alcohol motifs (C(OH)–C–C–N with tert-alkyl or cyclic N) is 1. The maximum atomic E-state index is 12.7. The zero-order chi connectivity index (χ0) is 15.5. The van der Waals surface area contributed by atoms with Gasteiger partial charge < -0.3 is 21.1 Å². The smallest absolute Gasteiger partial charge is 0.313 e. The van der Waals surface area contributed by atoms with Gasteiger partial charge in [-0.25, -0.2) is 4.79 Å². The Balaban J connectivity index is 2.20. The molecule has 0 aromatic heterocycles. The highest BCUT2D eigenvalue weighted by Crippen LogP contribution is 2.24. The van der Waals surface area contributed by atoms with Crippen molar-refractivity contribution in [2.45, 2.75) is 31.4 Å². The van der Waals surface area contributed by atoms with Gasteiger partial charge in [0.25, 0.3) is 0 Å². The first-order valence-electron chi connectivity index (χ1n) is 7.01. The molecule has 0 radical (unpaired) electrons. The molecule has 2 unspecified atom stereocenters. The summed E-state index contributed by atoms with van der Waals surface area (Å²) in [5.41, 5.74) is 4.97. The molecular weight excluding hydrogens is 270 g/mol. The Morgan fingerprint density at radius 2 is 2.05 bits per heavy atom. The van der Waals surface area contributed by atoms with Crippen LogP contribution in [0.2, 0.25) is 0 Å². The highest BCUT2D eigenvalue weighted by molar-refractivity contribution is 5.87. The number of amides is 3. The molecule has 1 aliphatic heterocycles. The van der Waals surface area contributed by atoms with E-state index in [9.17, 15) is 14.7 Å². The fraction of sp³-hybridized carbons (Fsp3) is 0.467. The minimum atomic E-state index is -0.887. The molecular formula is C15H21N3O3. The Bertz CT molecular complexity index is 516. The van der Waals surface area contributed by atoms with Crippen LogP contribution in [0.3, 0.4) is 0 Å². The van der Waals surface area contributed by atoms with E-state index >= 15 is 0 Å². The lowest BCUT2D eigenvalue weighted by molar-refractivity contribution is -0.139. The molecule has 0 aliphatic carbocycles. The van der Waals surface area contributed by atoms with Crippen LogP contribution >= 0.6 is 0 Å². The van der Waals surface area contributed by atoms with E-state index in [0.717, 1.165) is 6.42 Å². The number of hydrogen-bond donors (Lipinski definition) is 3. The minimum Gasteiger partial charge on any atom is -0.388 e. The summed E-state index contributed by atoms with van der Waals surface area (Å²) in [5, 5.41) is 12.6. The van der Waals surface area contributed by atoms with Crippen molar-refractivity contribution in [1.29, 1.82) is 0 Å². The molecule has 1 aliphatic rings. The number of rotatable bonds is 3. The van der Waals surface area contributed by atoms with Crippen LogP contribution in [0, 0.1) is 0 Å². The lowest BCUT2D eigenvalue weighted by atomic mass is 9.94. The van der Waals surface area contributed by atoms with E-state index in [2.05, 4.69) is 5.32 Å². The molecule has 0 bridgehead atoms. The summed E-state index contributed by atoms with van der Waals surface area (Å²) in [7, 11) is 0. The molecule has 0 saturated carbocycles. The Hall–Kier alpha value is -2.08. The number of carbonyl (C=O) groups excluding carboxylic acids is 2. The predicted octanol–water partition coefficient (Wildman–Crippen LogP) is 0.769. The van der Waals surface area contributed by atoms with Crippen LogP contribution in [0.25, 0.3) is 0 Å². The molecule has 3 amide bonds. The van der Waals surface area contributed by atoms with Crippen LogP contribution in [0.4, 0.5) is 4.79 Å². The zero-order valence-corrected chi connectivity index (χ0v) is 12.1. The van der Waals surface area contributed by atoms with Gasteiger partial charge in [0.15, 0.2) is 0 Å². The monoisotopic (exact) mass is 291 g/mol. The van der Waals surface area contributed by atoms with Crippen molar-refractivity contribution >= 4 is 11.9 Å². The minimum absolute atomic E-state index is 0.250. The highest BCUT2D eigenvalue weighted by Gasteiger charge is 2.34. The number of piperidine rings is 1. The van der Waals surface area contributed by atoms with E-state index in [-0.39, 0.29) is 12.5 Å². The molecule has 6 heteroatoms. The van der Waals surface area contributed by atoms with Crippen molar-refractivity contribution in [3.8, 4) is 0 Å². The quantitative estimate of drug-likeness (QED) is 0.767. The Morgan fingerprint density at radius 3 is 2.62 bits per heavy atom. The number of hydrogen-bond acceptors (Lipinski definition) is 3. The first kappa shape index (κ1) is 15.3. The lowest BCUT2D eigenvalue weighted by Gasteiger charge is -2.38. The normalized spacial score (nSPS) is 23.4. The zero-order valence-electron chi connectivity index (χ0n) is 12.1. The predicted molar refractivity (Wildman–Crippen MR) is 78.3 cm³/mol. The van der Waals surface area contributed by atoms with Gasteiger partial charge in [-0.1, -0.05) is 30.3 Å². The number of nitrogens with one attached hydrogen (secondary N) is 1. The summed E-state index contributed by atoms with van der Waals surface area (Å²) in [6, 6.07) is 7.39. The summed E-state index contributed by atoms with van der Waals surface area (Å²) in [5.74, 6) is -0.250. The van der Waals surface area contributed by atoms with E-state index in [1.165, 1.54) is 0 Å². The summed E-state index contributed by atoms with van der Waals surface area (Å²) in [6.07, 6.45) is 1.40. The lowest BCUT2D eigenvalue weighted by Crippen LogP contribution is -2.52. The fourth-order valence-electron chi connectivity index (χ4n) is 2.67. The largest absolute Gasteiger partial charge is 0.388 e. The maximum absolute atomic E-state index is 12.7.